The Morgan fingerprint density at radius 3 is 1.95 bits per heavy atom. The lowest BCUT2D eigenvalue weighted by molar-refractivity contribution is -0.181. The van der Waals surface area contributed by atoms with Crippen molar-refractivity contribution in [1.29, 1.82) is 0 Å². The predicted octanol–water partition coefficient (Wildman–Crippen LogP) is -0.0796. The highest BCUT2D eigenvalue weighted by Gasteiger charge is 2.42. The van der Waals surface area contributed by atoms with Gasteiger partial charge < -0.3 is 14.2 Å². The van der Waals surface area contributed by atoms with E-state index in [1.165, 1.54) is 13.0 Å². The van der Waals surface area contributed by atoms with Crippen molar-refractivity contribution in [2.24, 2.45) is 0 Å². The molecule has 19 heavy (non-hydrogen) atoms. The minimum absolute atomic E-state index is 0.537. The lowest BCUT2D eigenvalue weighted by atomic mass is 9.97. The molecule has 104 valence electrons. The average Bonchev–Trinajstić information content (AvgIpc) is 2.25. The minimum Gasteiger partial charge on any atom is -0.454 e. The minimum atomic E-state index is -1.31. The Morgan fingerprint density at radius 1 is 0.947 bits per heavy atom. The summed E-state index contributed by atoms with van der Waals surface area (Å²) in [7, 11) is 0. The molecule has 0 aromatic rings. The molecule has 0 heterocycles. The first-order valence-electron chi connectivity index (χ1n) is 5.55. The van der Waals surface area contributed by atoms with Crippen LogP contribution in [0.25, 0.3) is 0 Å². The zero-order valence-corrected chi connectivity index (χ0v) is 10.7. The van der Waals surface area contributed by atoms with Gasteiger partial charge in [0.25, 0.3) is 0 Å². The maximum atomic E-state index is 11.7. The van der Waals surface area contributed by atoms with E-state index in [9.17, 15) is 19.2 Å². The molecule has 0 saturated carbocycles. The molecule has 0 radical (unpaired) electrons. The molecule has 1 aliphatic rings. The van der Waals surface area contributed by atoms with Gasteiger partial charge in [0.1, 0.15) is 0 Å². The van der Waals surface area contributed by atoms with Crippen LogP contribution in [0.15, 0.2) is 12.2 Å². The molecule has 1 rings (SSSR count). The molecule has 0 aromatic heterocycles. The van der Waals surface area contributed by atoms with Crippen LogP contribution in [-0.2, 0) is 33.4 Å². The number of carbonyl (C=O) groups excluding carboxylic acids is 4. The number of ether oxygens (including phenoxy) is 3. The van der Waals surface area contributed by atoms with E-state index in [2.05, 4.69) is 0 Å². The zero-order valence-electron chi connectivity index (χ0n) is 10.7. The van der Waals surface area contributed by atoms with Crippen LogP contribution in [0.3, 0.4) is 0 Å². The Kier molecular flexibility index (Phi) is 4.80. The molecule has 3 atom stereocenters. The van der Waals surface area contributed by atoms with Crippen LogP contribution in [-0.4, -0.2) is 42.0 Å². The van der Waals surface area contributed by atoms with E-state index in [4.69, 9.17) is 14.2 Å². The Hall–Kier alpha value is -2.18. The Balaban J connectivity index is 3.00. The van der Waals surface area contributed by atoms with Gasteiger partial charge in [-0.1, -0.05) is 0 Å². The average molecular weight is 270 g/mol. The van der Waals surface area contributed by atoms with Gasteiger partial charge >= 0.3 is 17.9 Å². The first-order valence-corrected chi connectivity index (χ1v) is 5.55. The van der Waals surface area contributed by atoms with Crippen LogP contribution in [0.5, 0.6) is 0 Å². The summed E-state index contributed by atoms with van der Waals surface area (Å²) >= 11 is 0. The van der Waals surface area contributed by atoms with Crippen LogP contribution in [0.4, 0.5) is 0 Å². The second-order valence-corrected chi connectivity index (χ2v) is 3.94. The van der Waals surface area contributed by atoms with Crippen LogP contribution in [0.2, 0.25) is 0 Å². The third-order valence-corrected chi connectivity index (χ3v) is 2.25. The Labute approximate surface area is 109 Å². The van der Waals surface area contributed by atoms with Gasteiger partial charge in [0.2, 0.25) is 6.10 Å². The molecule has 0 bridgehead atoms. The maximum Gasteiger partial charge on any atom is 0.303 e. The molecule has 0 spiro atoms. The third kappa shape index (κ3) is 4.20. The summed E-state index contributed by atoms with van der Waals surface area (Å²) in [5, 5.41) is 0. The largest absolute Gasteiger partial charge is 0.454 e. The normalized spacial score (nSPS) is 25.6. The van der Waals surface area contributed by atoms with Crippen LogP contribution in [0, 0.1) is 0 Å². The lowest BCUT2D eigenvalue weighted by Gasteiger charge is -2.31. The van der Waals surface area contributed by atoms with E-state index in [0.717, 1.165) is 19.9 Å². The highest BCUT2D eigenvalue weighted by molar-refractivity contribution is 5.96. The summed E-state index contributed by atoms with van der Waals surface area (Å²) in [5.74, 6) is -2.53. The van der Waals surface area contributed by atoms with Crippen molar-refractivity contribution in [2.45, 2.75) is 39.1 Å². The van der Waals surface area contributed by atoms with Gasteiger partial charge in [-0.15, -0.1) is 0 Å². The van der Waals surface area contributed by atoms with Crippen molar-refractivity contribution < 1.29 is 33.4 Å². The van der Waals surface area contributed by atoms with E-state index in [1.807, 2.05) is 0 Å². The van der Waals surface area contributed by atoms with Crippen LogP contribution < -0.4 is 0 Å². The summed E-state index contributed by atoms with van der Waals surface area (Å²) in [6, 6.07) is 0. The number of esters is 3. The topological polar surface area (TPSA) is 96.0 Å². The first kappa shape index (κ1) is 14.9. The Morgan fingerprint density at radius 2 is 1.47 bits per heavy atom. The fourth-order valence-corrected chi connectivity index (χ4v) is 1.65. The molecule has 0 unspecified atom stereocenters. The number of hydrogen-bond donors (Lipinski definition) is 0. The standard InChI is InChI=1S/C12H14O7/c1-6(13)17-10-5-4-9(16)11(18-7(2)14)12(10)19-8(3)15/h4-5,10-12H,1-3H3/t10-,11+,12+/m0/s1. The number of ketones is 1. The summed E-state index contributed by atoms with van der Waals surface area (Å²) in [4.78, 5) is 44.6. The van der Waals surface area contributed by atoms with Gasteiger partial charge in [-0.25, -0.2) is 0 Å². The number of hydrogen-bond acceptors (Lipinski definition) is 7. The van der Waals surface area contributed by atoms with Gasteiger partial charge in [0.15, 0.2) is 18.0 Å². The zero-order chi connectivity index (χ0) is 14.6. The number of rotatable bonds is 3. The first-order chi connectivity index (χ1) is 8.81. The molecule has 0 N–H and O–H groups in total. The molecule has 0 aliphatic heterocycles. The summed E-state index contributed by atoms with van der Waals surface area (Å²) in [6.07, 6.45) is -1.04. The van der Waals surface area contributed by atoms with E-state index in [1.54, 1.807) is 0 Å². The van der Waals surface area contributed by atoms with Crippen molar-refractivity contribution in [3.8, 4) is 0 Å². The smallest absolute Gasteiger partial charge is 0.303 e. The number of carbonyl (C=O) groups is 4. The molecular formula is C12H14O7. The van der Waals surface area contributed by atoms with Crippen molar-refractivity contribution in [1.82, 2.24) is 0 Å². The molecule has 0 aromatic carbocycles. The van der Waals surface area contributed by atoms with E-state index in [0.29, 0.717) is 0 Å². The molecule has 0 saturated heterocycles. The second kappa shape index (κ2) is 6.12. The van der Waals surface area contributed by atoms with Crippen LogP contribution >= 0.6 is 0 Å². The summed E-state index contributed by atoms with van der Waals surface area (Å²) in [5.41, 5.74) is 0. The third-order valence-electron chi connectivity index (χ3n) is 2.25. The van der Waals surface area contributed by atoms with Crippen molar-refractivity contribution in [3.63, 3.8) is 0 Å². The van der Waals surface area contributed by atoms with Gasteiger partial charge in [-0.05, 0) is 12.2 Å². The highest BCUT2D eigenvalue weighted by atomic mass is 16.6. The van der Waals surface area contributed by atoms with Crippen molar-refractivity contribution in [2.75, 3.05) is 0 Å². The quantitative estimate of drug-likeness (QED) is 0.522. The monoisotopic (exact) mass is 270 g/mol. The summed E-state index contributed by atoms with van der Waals surface area (Å²) < 4.78 is 14.7. The van der Waals surface area contributed by atoms with Crippen molar-refractivity contribution in [3.05, 3.63) is 12.2 Å². The molecule has 0 amide bonds. The molecular weight excluding hydrogens is 256 g/mol. The fourth-order valence-electron chi connectivity index (χ4n) is 1.65. The predicted molar refractivity (Wildman–Crippen MR) is 60.8 cm³/mol. The summed E-state index contributed by atoms with van der Waals surface area (Å²) in [6.45, 7) is 3.44. The fraction of sp³-hybridized carbons (Fsp3) is 0.500. The maximum absolute atomic E-state index is 11.7. The van der Waals surface area contributed by atoms with Gasteiger partial charge in [0, 0.05) is 20.8 Å². The van der Waals surface area contributed by atoms with E-state index >= 15 is 0 Å². The molecule has 7 nitrogen and oxygen atoms in total. The van der Waals surface area contributed by atoms with Gasteiger partial charge in [0.05, 0.1) is 0 Å². The van der Waals surface area contributed by atoms with E-state index < -0.39 is 42.0 Å². The lowest BCUT2D eigenvalue weighted by Crippen LogP contribution is -2.50. The van der Waals surface area contributed by atoms with Crippen molar-refractivity contribution >= 4 is 23.7 Å². The van der Waals surface area contributed by atoms with E-state index in [-0.39, 0.29) is 0 Å². The second-order valence-electron chi connectivity index (χ2n) is 3.94. The molecule has 1 aliphatic carbocycles. The van der Waals surface area contributed by atoms with Gasteiger partial charge in [-0.2, -0.15) is 0 Å². The molecule has 7 heteroatoms. The van der Waals surface area contributed by atoms with Gasteiger partial charge in [-0.3, -0.25) is 19.2 Å². The van der Waals surface area contributed by atoms with Crippen LogP contribution in [0.1, 0.15) is 20.8 Å². The SMILES string of the molecule is CC(=O)O[C@@H]1[C@@H](OC(C)=O)C=CC(=O)[C@H]1OC(C)=O. The highest BCUT2D eigenvalue weighted by Crippen LogP contribution is 2.20. The molecule has 0 fully saturated rings. The Bertz CT molecular complexity index is 437.